The summed E-state index contributed by atoms with van der Waals surface area (Å²) in [5, 5.41) is 0. The van der Waals surface area contributed by atoms with E-state index in [1.54, 1.807) is 14.2 Å². The van der Waals surface area contributed by atoms with Gasteiger partial charge in [0.25, 0.3) is 0 Å². The van der Waals surface area contributed by atoms with Crippen molar-refractivity contribution in [3.8, 4) is 11.5 Å². The van der Waals surface area contributed by atoms with E-state index >= 15 is 0 Å². The Hall–Kier alpha value is -1.26. The van der Waals surface area contributed by atoms with Crippen molar-refractivity contribution >= 4 is 0 Å². The number of methoxy groups -OCH3 is 2. The molecule has 0 saturated heterocycles. The van der Waals surface area contributed by atoms with Gasteiger partial charge < -0.3 is 18.9 Å². The van der Waals surface area contributed by atoms with Crippen molar-refractivity contribution in [1.29, 1.82) is 0 Å². The van der Waals surface area contributed by atoms with E-state index in [-0.39, 0.29) is 0 Å². The van der Waals surface area contributed by atoms with Gasteiger partial charge in [0.2, 0.25) is 0 Å². The third-order valence-electron chi connectivity index (χ3n) is 3.43. The molecule has 126 valence electrons. The van der Waals surface area contributed by atoms with Gasteiger partial charge in [-0.2, -0.15) is 0 Å². The SMILES string of the molecule is CCCCCCCOc1ccc(COCCOC)cc1OC. The number of rotatable bonds is 13. The number of unbranched alkanes of at least 4 members (excludes halogenated alkanes) is 4. The van der Waals surface area contributed by atoms with Crippen LogP contribution >= 0.6 is 0 Å². The second-order valence-corrected chi connectivity index (χ2v) is 5.29. The average molecular weight is 310 g/mol. The third-order valence-corrected chi connectivity index (χ3v) is 3.43. The highest BCUT2D eigenvalue weighted by Gasteiger charge is 2.06. The van der Waals surface area contributed by atoms with Crippen molar-refractivity contribution in [2.45, 2.75) is 45.6 Å². The number of hydrogen-bond donors (Lipinski definition) is 0. The van der Waals surface area contributed by atoms with Crippen molar-refractivity contribution in [3.05, 3.63) is 23.8 Å². The Bertz CT molecular complexity index is 393. The molecule has 0 heterocycles. The quantitative estimate of drug-likeness (QED) is 0.511. The fourth-order valence-electron chi connectivity index (χ4n) is 2.14. The van der Waals surface area contributed by atoms with Crippen LogP contribution in [0.25, 0.3) is 0 Å². The predicted octanol–water partition coefficient (Wildman–Crippen LogP) is 4.21. The van der Waals surface area contributed by atoms with E-state index in [4.69, 9.17) is 18.9 Å². The van der Waals surface area contributed by atoms with E-state index in [0.29, 0.717) is 19.8 Å². The zero-order valence-electron chi connectivity index (χ0n) is 14.2. The molecule has 0 bridgehead atoms. The molecule has 22 heavy (non-hydrogen) atoms. The molecule has 0 N–H and O–H groups in total. The standard InChI is InChI=1S/C18H30O4/c1-4-5-6-7-8-11-22-17-10-9-16(14-18(17)20-3)15-21-13-12-19-2/h9-10,14H,4-8,11-13,15H2,1-3H3. The van der Waals surface area contributed by atoms with Crippen LogP contribution in [-0.2, 0) is 16.1 Å². The summed E-state index contributed by atoms with van der Waals surface area (Å²) < 4.78 is 21.7. The molecule has 0 aliphatic heterocycles. The summed E-state index contributed by atoms with van der Waals surface area (Å²) in [5.41, 5.74) is 1.07. The molecule has 0 aliphatic carbocycles. The minimum atomic E-state index is 0.553. The van der Waals surface area contributed by atoms with E-state index < -0.39 is 0 Å². The highest BCUT2D eigenvalue weighted by atomic mass is 16.5. The van der Waals surface area contributed by atoms with Crippen molar-refractivity contribution in [2.24, 2.45) is 0 Å². The molecule has 0 amide bonds. The summed E-state index contributed by atoms with van der Waals surface area (Å²) in [6.07, 6.45) is 6.17. The molecule has 4 nitrogen and oxygen atoms in total. The van der Waals surface area contributed by atoms with Crippen LogP contribution < -0.4 is 9.47 Å². The van der Waals surface area contributed by atoms with Crippen LogP contribution in [0, 0.1) is 0 Å². The first kappa shape index (κ1) is 18.8. The van der Waals surface area contributed by atoms with Gasteiger partial charge in [0.15, 0.2) is 11.5 Å². The summed E-state index contributed by atoms with van der Waals surface area (Å²) in [7, 11) is 3.33. The maximum Gasteiger partial charge on any atom is 0.161 e. The van der Waals surface area contributed by atoms with E-state index in [9.17, 15) is 0 Å². The first-order chi connectivity index (χ1) is 10.8. The molecule has 0 aliphatic rings. The molecule has 0 atom stereocenters. The van der Waals surface area contributed by atoms with Crippen LogP contribution in [0.5, 0.6) is 11.5 Å². The first-order valence-electron chi connectivity index (χ1n) is 8.18. The van der Waals surface area contributed by atoms with Crippen LogP contribution in [0.2, 0.25) is 0 Å². The number of benzene rings is 1. The van der Waals surface area contributed by atoms with Crippen molar-refractivity contribution in [2.75, 3.05) is 34.0 Å². The fourth-order valence-corrected chi connectivity index (χ4v) is 2.14. The number of hydrogen-bond acceptors (Lipinski definition) is 4. The van der Waals surface area contributed by atoms with Gasteiger partial charge in [-0.1, -0.05) is 38.7 Å². The summed E-state index contributed by atoms with van der Waals surface area (Å²) in [5.74, 6) is 1.57. The Labute approximate surface area is 134 Å². The lowest BCUT2D eigenvalue weighted by Crippen LogP contribution is -2.03. The van der Waals surface area contributed by atoms with Crippen molar-refractivity contribution < 1.29 is 18.9 Å². The first-order valence-corrected chi connectivity index (χ1v) is 8.18. The molecule has 0 fully saturated rings. The average Bonchev–Trinajstić information content (AvgIpc) is 2.55. The summed E-state index contributed by atoms with van der Waals surface area (Å²) in [6.45, 7) is 4.72. The Kier molecular flexibility index (Phi) is 10.5. The van der Waals surface area contributed by atoms with Gasteiger partial charge >= 0.3 is 0 Å². The predicted molar refractivity (Wildman–Crippen MR) is 88.8 cm³/mol. The van der Waals surface area contributed by atoms with Crippen molar-refractivity contribution in [3.63, 3.8) is 0 Å². The molecule has 0 spiro atoms. The Balaban J connectivity index is 2.37. The van der Waals surface area contributed by atoms with E-state index in [1.807, 2.05) is 18.2 Å². The summed E-state index contributed by atoms with van der Waals surface area (Å²) in [4.78, 5) is 0. The lowest BCUT2D eigenvalue weighted by molar-refractivity contribution is 0.0615. The molecular weight excluding hydrogens is 280 g/mol. The zero-order chi connectivity index (χ0) is 16.0. The zero-order valence-corrected chi connectivity index (χ0v) is 14.2. The summed E-state index contributed by atoms with van der Waals surface area (Å²) in [6, 6.07) is 5.95. The second-order valence-electron chi connectivity index (χ2n) is 5.29. The molecular formula is C18H30O4. The van der Waals surface area contributed by atoms with Gasteiger partial charge in [-0.05, 0) is 24.1 Å². The van der Waals surface area contributed by atoms with Gasteiger partial charge in [0.1, 0.15) is 0 Å². The van der Waals surface area contributed by atoms with Gasteiger partial charge in [0, 0.05) is 7.11 Å². The Morgan fingerprint density at radius 2 is 1.68 bits per heavy atom. The molecule has 0 unspecified atom stereocenters. The molecule has 1 rings (SSSR count). The Morgan fingerprint density at radius 3 is 2.41 bits per heavy atom. The fraction of sp³-hybridized carbons (Fsp3) is 0.667. The molecule has 1 aromatic rings. The molecule has 0 radical (unpaired) electrons. The largest absolute Gasteiger partial charge is 0.493 e. The molecule has 0 aromatic heterocycles. The van der Waals surface area contributed by atoms with E-state index in [0.717, 1.165) is 30.1 Å². The van der Waals surface area contributed by atoms with Gasteiger partial charge in [-0.25, -0.2) is 0 Å². The van der Waals surface area contributed by atoms with Gasteiger partial charge in [-0.3, -0.25) is 0 Å². The molecule has 1 aromatic carbocycles. The monoisotopic (exact) mass is 310 g/mol. The minimum Gasteiger partial charge on any atom is -0.493 e. The molecule has 0 saturated carbocycles. The van der Waals surface area contributed by atoms with Crippen LogP contribution in [0.3, 0.4) is 0 Å². The summed E-state index contributed by atoms with van der Waals surface area (Å²) >= 11 is 0. The molecule has 4 heteroatoms. The minimum absolute atomic E-state index is 0.553. The van der Waals surface area contributed by atoms with E-state index in [2.05, 4.69) is 6.92 Å². The van der Waals surface area contributed by atoms with Crippen LogP contribution in [0.1, 0.15) is 44.6 Å². The Morgan fingerprint density at radius 1 is 0.864 bits per heavy atom. The lowest BCUT2D eigenvalue weighted by atomic mass is 10.2. The van der Waals surface area contributed by atoms with Crippen LogP contribution in [0.15, 0.2) is 18.2 Å². The van der Waals surface area contributed by atoms with Gasteiger partial charge in [0.05, 0.1) is 33.5 Å². The third kappa shape index (κ3) is 7.66. The highest BCUT2D eigenvalue weighted by molar-refractivity contribution is 5.42. The normalized spacial score (nSPS) is 10.7. The topological polar surface area (TPSA) is 36.9 Å². The maximum absolute atomic E-state index is 5.82. The van der Waals surface area contributed by atoms with Gasteiger partial charge in [-0.15, -0.1) is 0 Å². The second kappa shape index (κ2) is 12.3. The van der Waals surface area contributed by atoms with E-state index in [1.165, 1.54) is 25.7 Å². The highest BCUT2D eigenvalue weighted by Crippen LogP contribution is 2.28. The smallest absolute Gasteiger partial charge is 0.161 e. The maximum atomic E-state index is 5.82. The van der Waals surface area contributed by atoms with Crippen LogP contribution in [-0.4, -0.2) is 34.0 Å². The van der Waals surface area contributed by atoms with Crippen molar-refractivity contribution in [1.82, 2.24) is 0 Å². The van der Waals surface area contributed by atoms with Crippen LogP contribution in [0.4, 0.5) is 0 Å². The lowest BCUT2D eigenvalue weighted by Gasteiger charge is -2.12. The number of ether oxygens (including phenoxy) is 4.